The molecule has 0 saturated carbocycles. The van der Waals surface area contributed by atoms with Gasteiger partial charge in [0, 0.05) is 36.2 Å². The van der Waals surface area contributed by atoms with Crippen molar-refractivity contribution < 1.29 is 19.1 Å². The van der Waals surface area contributed by atoms with Crippen molar-refractivity contribution in [2.45, 2.75) is 85.6 Å². The molecule has 1 saturated heterocycles. The molecule has 2 unspecified atom stereocenters. The van der Waals surface area contributed by atoms with Gasteiger partial charge < -0.3 is 15.0 Å². The minimum absolute atomic E-state index is 0.130. The second kappa shape index (κ2) is 14.0. The van der Waals surface area contributed by atoms with Crippen molar-refractivity contribution in [3.05, 3.63) is 11.6 Å². The number of rotatable bonds is 7. The number of carbonyl (C=O) groups excluding carboxylic acids is 3. The van der Waals surface area contributed by atoms with Crippen molar-refractivity contribution in [1.82, 2.24) is 15.1 Å². The van der Waals surface area contributed by atoms with Gasteiger partial charge in [-0.05, 0) is 40.2 Å². The Morgan fingerprint density at radius 1 is 1.24 bits per heavy atom. The molecule has 1 rings (SSSR count). The van der Waals surface area contributed by atoms with E-state index in [1.165, 1.54) is 11.3 Å². The normalized spacial score (nSPS) is 19.6. The highest BCUT2D eigenvalue weighted by molar-refractivity contribution is 8.00. The number of hydrogen-bond acceptors (Lipinski definition) is 6. The maximum atomic E-state index is 13.2. The number of hydrogen-bond donors (Lipinski definition) is 1. The van der Waals surface area contributed by atoms with Gasteiger partial charge in [-0.3, -0.25) is 14.5 Å². The largest absolute Gasteiger partial charge is 0.463 e. The molecule has 33 heavy (non-hydrogen) atoms. The zero-order chi connectivity index (χ0) is 26.0. The van der Waals surface area contributed by atoms with Gasteiger partial charge >= 0.3 is 5.97 Å². The van der Waals surface area contributed by atoms with E-state index in [9.17, 15) is 14.4 Å². The number of nitrogens with zero attached hydrogens (tertiary/aromatic N) is 2. The summed E-state index contributed by atoms with van der Waals surface area (Å²) in [6.07, 6.45) is 2.92. The predicted octanol–water partition coefficient (Wildman–Crippen LogP) is 3.73. The topological polar surface area (TPSA) is 79.0 Å². The summed E-state index contributed by atoms with van der Waals surface area (Å²) in [5.74, 6) is 0.269. The number of esters is 1. The highest BCUT2D eigenvalue weighted by Gasteiger charge is 2.44. The molecule has 1 N–H and O–H groups in total. The number of nitrogens with one attached hydrogen (secondary N) is 1. The van der Waals surface area contributed by atoms with Gasteiger partial charge in [0.05, 0.1) is 6.61 Å². The van der Waals surface area contributed by atoms with E-state index in [1.54, 1.807) is 38.7 Å². The minimum Gasteiger partial charge on any atom is -0.463 e. The van der Waals surface area contributed by atoms with E-state index in [0.29, 0.717) is 12.2 Å². The van der Waals surface area contributed by atoms with E-state index >= 15 is 0 Å². The summed E-state index contributed by atoms with van der Waals surface area (Å²) in [7, 11) is 3.63. The van der Waals surface area contributed by atoms with Gasteiger partial charge in [0.15, 0.2) is 0 Å². The Morgan fingerprint density at radius 2 is 1.79 bits per heavy atom. The molecule has 1 aliphatic rings. The van der Waals surface area contributed by atoms with Gasteiger partial charge in [-0.15, -0.1) is 0 Å². The zero-order valence-corrected chi connectivity index (χ0v) is 23.5. The van der Waals surface area contributed by atoms with Crippen LogP contribution in [0, 0.1) is 5.41 Å². The quantitative estimate of drug-likeness (QED) is 0.437. The van der Waals surface area contributed by atoms with E-state index in [0.717, 1.165) is 12.3 Å². The number of thioether (sulfide) groups is 1. The van der Waals surface area contributed by atoms with Crippen LogP contribution >= 0.6 is 11.8 Å². The molecule has 1 heterocycles. The average Bonchev–Trinajstić information content (AvgIpc) is 2.68. The summed E-state index contributed by atoms with van der Waals surface area (Å²) in [5.41, 5.74) is -0.0127. The van der Waals surface area contributed by atoms with Crippen molar-refractivity contribution >= 4 is 29.5 Å². The van der Waals surface area contributed by atoms with E-state index in [4.69, 9.17) is 4.74 Å². The first-order valence-corrected chi connectivity index (χ1v) is 12.9. The Balaban J connectivity index is 0.00000322. The van der Waals surface area contributed by atoms with E-state index in [-0.39, 0.29) is 35.1 Å². The average molecular weight is 486 g/mol. The van der Waals surface area contributed by atoms with Crippen LogP contribution in [0.25, 0.3) is 0 Å². The fourth-order valence-corrected chi connectivity index (χ4v) is 4.84. The van der Waals surface area contributed by atoms with Crippen molar-refractivity contribution in [2.75, 3.05) is 39.5 Å². The summed E-state index contributed by atoms with van der Waals surface area (Å²) in [4.78, 5) is 41.8. The van der Waals surface area contributed by atoms with Crippen LogP contribution in [0.2, 0.25) is 0 Å². The highest BCUT2D eigenvalue weighted by Crippen LogP contribution is 2.35. The van der Waals surface area contributed by atoms with Crippen molar-refractivity contribution in [3.63, 3.8) is 0 Å². The van der Waals surface area contributed by atoms with Gasteiger partial charge in [-0.1, -0.05) is 47.1 Å². The fourth-order valence-electron chi connectivity index (χ4n) is 3.49. The molecular weight excluding hydrogens is 438 g/mol. The first kappa shape index (κ1) is 31.5. The van der Waals surface area contributed by atoms with E-state index in [2.05, 4.69) is 37.9 Å². The third-order valence-electron chi connectivity index (χ3n) is 5.31. The molecule has 0 bridgehead atoms. The molecule has 0 spiro atoms. The summed E-state index contributed by atoms with van der Waals surface area (Å²) >= 11 is 1.78. The van der Waals surface area contributed by atoms with E-state index in [1.807, 2.05) is 27.8 Å². The number of carbonyl (C=O) groups is 3. The molecule has 0 aromatic carbocycles. The Morgan fingerprint density at radius 3 is 2.24 bits per heavy atom. The molecule has 0 aliphatic carbocycles. The molecule has 0 aromatic rings. The van der Waals surface area contributed by atoms with Crippen LogP contribution in [0.3, 0.4) is 0 Å². The molecule has 2 amide bonds. The minimum atomic E-state index is -0.678. The van der Waals surface area contributed by atoms with Crippen molar-refractivity contribution in [2.24, 2.45) is 5.41 Å². The first-order valence-electron chi connectivity index (χ1n) is 11.9. The second-order valence-electron chi connectivity index (χ2n) is 10.2. The molecule has 1 fully saturated rings. The number of likely N-dealkylation sites (N-methyl/N-ethyl adjacent to an activating group) is 2. The van der Waals surface area contributed by atoms with Gasteiger partial charge in [0.1, 0.15) is 12.1 Å². The second-order valence-corrected chi connectivity index (χ2v) is 11.9. The summed E-state index contributed by atoms with van der Waals surface area (Å²) in [6.45, 7) is 19.0. The van der Waals surface area contributed by atoms with Crippen LogP contribution < -0.4 is 5.32 Å². The standard InChI is InChI=1S/C22H39N3O4S.C3H8/c1-10-29-20(28)15(2)11-12-25(9)19(27)16(21(3,4)5)23-18(26)17-22(6,7)30-14-13-24(17)8;1-3-2/h11,16-17H,10,12-14H2,1-9H3,(H,23,26);3H2,1-2H3/b15-11+;. The molecular formula is C25H47N3O4S. The molecule has 2 atom stereocenters. The monoisotopic (exact) mass is 485 g/mol. The van der Waals surface area contributed by atoms with Crippen LogP contribution in [0.4, 0.5) is 0 Å². The summed E-state index contributed by atoms with van der Waals surface area (Å²) in [5, 5.41) is 3.03. The fraction of sp³-hybridized carbons (Fsp3) is 0.800. The maximum absolute atomic E-state index is 13.2. The van der Waals surface area contributed by atoms with Crippen LogP contribution in [0.5, 0.6) is 0 Å². The van der Waals surface area contributed by atoms with Crippen molar-refractivity contribution in [1.29, 1.82) is 0 Å². The molecule has 0 radical (unpaired) electrons. The van der Waals surface area contributed by atoms with Crippen LogP contribution in [0.15, 0.2) is 11.6 Å². The third-order valence-corrected chi connectivity index (χ3v) is 6.66. The lowest BCUT2D eigenvalue weighted by Crippen LogP contribution is -2.63. The van der Waals surface area contributed by atoms with E-state index < -0.39 is 11.5 Å². The van der Waals surface area contributed by atoms with Gasteiger partial charge in [-0.25, -0.2) is 4.79 Å². The predicted molar refractivity (Wildman–Crippen MR) is 138 cm³/mol. The molecule has 192 valence electrons. The molecule has 0 aromatic heterocycles. The Bertz CT molecular complexity index is 686. The summed E-state index contributed by atoms with van der Waals surface area (Å²) in [6, 6.07) is -0.993. The SMILES string of the molecule is CCC.CCOC(=O)/C(C)=C/CN(C)C(=O)C(NC(=O)C1N(C)CCSC1(C)C)C(C)(C)C. The maximum Gasteiger partial charge on any atom is 0.333 e. The third kappa shape index (κ3) is 10.1. The van der Waals surface area contributed by atoms with Gasteiger partial charge in [-0.2, -0.15) is 11.8 Å². The molecule has 7 nitrogen and oxygen atoms in total. The lowest BCUT2D eigenvalue weighted by molar-refractivity contribution is -0.140. The number of ether oxygens (including phenoxy) is 1. The lowest BCUT2D eigenvalue weighted by Gasteiger charge is -2.44. The van der Waals surface area contributed by atoms with Gasteiger partial charge in [0.25, 0.3) is 0 Å². The molecule has 8 heteroatoms. The lowest BCUT2D eigenvalue weighted by atomic mass is 9.85. The Hall–Kier alpha value is -1.54. The molecule has 1 aliphatic heterocycles. The number of amides is 2. The Kier molecular flexibility index (Phi) is 13.3. The summed E-state index contributed by atoms with van der Waals surface area (Å²) < 4.78 is 4.73. The van der Waals surface area contributed by atoms with Crippen LogP contribution in [-0.4, -0.2) is 84.0 Å². The zero-order valence-electron chi connectivity index (χ0n) is 22.7. The smallest absolute Gasteiger partial charge is 0.333 e. The van der Waals surface area contributed by atoms with Gasteiger partial charge in [0.2, 0.25) is 11.8 Å². The van der Waals surface area contributed by atoms with Crippen LogP contribution in [-0.2, 0) is 19.1 Å². The van der Waals surface area contributed by atoms with Crippen molar-refractivity contribution in [3.8, 4) is 0 Å². The van der Waals surface area contributed by atoms with Crippen LogP contribution in [0.1, 0.15) is 68.7 Å². The first-order chi connectivity index (χ1) is 15.1. The highest BCUT2D eigenvalue weighted by atomic mass is 32.2. The Labute approximate surface area is 206 Å².